The van der Waals surface area contributed by atoms with Crippen LogP contribution in [0.3, 0.4) is 0 Å². The van der Waals surface area contributed by atoms with E-state index in [1.165, 1.54) is 11.3 Å². The number of anilines is 1. The van der Waals surface area contributed by atoms with Gasteiger partial charge in [0.25, 0.3) is 0 Å². The first-order chi connectivity index (χ1) is 18.6. The molecule has 0 saturated carbocycles. The largest absolute Gasteiger partial charge is 0.497 e. The number of fused-ring (bicyclic) bond motifs is 5. The summed E-state index contributed by atoms with van der Waals surface area (Å²) in [5.74, 6) is -0.689. The SMILES string of the molecule is COc1cccc([C@@H]2[C@H](C(=O)c3cccs3)N3c4ccccc4C=C[C@@H]3C23C(=O)c2ccccc2C3=O)c1. The molecule has 3 heterocycles. The summed E-state index contributed by atoms with van der Waals surface area (Å²) in [6.45, 7) is 0. The highest BCUT2D eigenvalue weighted by molar-refractivity contribution is 7.12. The monoisotopic (exact) mass is 517 g/mol. The molecular weight excluding hydrogens is 494 g/mol. The van der Waals surface area contributed by atoms with Crippen LogP contribution in [-0.2, 0) is 0 Å². The highest BCUT2D eigenvalue weighted by atomic mass is 32.1. The maximum Gasteiger partial charge on any atom is 0.195 e. The lowest BCUT2D eigenvalue weighted by Gasteiger charge is -2.37. The smallest absolute Gasteiger partial charge is 0.195 e. The Hall–Kier alpha value is -4.29. The number of benzene rings is 3. The van der Waals surface area contributed by atoms with E-state index in [0.29, 0.717) is 21.8 Å². The molecule has 1 aliphatic carbocycles. The number of ketones is 3. The number of Topliss-reactive ketones (excluding diaryl/α,β-unsaturated/α-hetero) is 3. The molecule has 0 amide bonds. The van der Waals surface area contributed by atoms with Gasteiger partial charge in [-0.1, -0.05) is 72.8 Å². The average molecular weight is 518 g/mol. The minimum Gasteiger partial charge on any atom is -0.497 e. The van der Waals surface area contributed by atoms with E-state index in [1.54, 1.807) is 31.4 Å². The van der Waals surface area contributed by atoms with Gasteiger partial charge in [0, 0.05) is 22.7 Å². The number of para-hydroxylation sites is 1. The van der Waals surface area contributed by atoms with Crippen LogP contribution >= 0.6 is 11.3 Å². The maximum atomic E-state index is 14.6. The van der Waals surface area contributed by atoms with Crippen LogP contribution in [-0.4, -0.2) is 36.5 Å². The van der Waals surface area contributed by atoms with E-state index >= 15 is 0 Å². The molecule has 186 valence electrons. The molecule has 7 rings (SSSR count). The van der Waals surface area contributed by atoms with Gasteiger partial charge in [0.15, 0.2) is 17.3 Å². The molecule has 1 spiro atoms. The molecular formula is C32H23NO4S. The predicted octanol–water partition coefficient (Wildman–Crippen LogP) is 6.07. The first-order valence-electron chi connectivity index (χ1n) is 12.5. The zero-order valence-electron chi connectivity index (χ0n) is 20.5. The van der Waals surface area contributed by atoms with Crippen LogP contribution in [0, 0.1) is 5.41 Å². The summed E-state index contributed by atoms with van der Waals surface area (Å²) in [6, 6.07) is 24.6. The van der Waals surface area contributed by atoms with Crippen LogP contribution in [0.2, 0.25) is 0 Å². The van der Waals surface area contributed by atoms with Crippen molar-refractivity contribution in [3.63, 3.8) is 0 Å². The van der Waals surface area contributed by atoms with Crippen LogP contribution in [0.1, 0.15) is 47.4 Å². The highest BCUT2D eigenvalue weighted by Gasteiger charge is 2.71. The molecule has 5 nitrogen and oxygen atoms in total. The summed E-state index contributed by atoms with van der Waals surface area (Å²) in [7, 11) is 1.59. The Labute approximate surface area is 224 Å². The molecule has 0 radical (unpaired) electrons. The van der Waals surface area contributed by atoms with E-state index in [2.05, 4.69) is 0 Å². The van der Waals surface area contributed by atoms with Crippen LogP contribution in [0.4, 0.5) is 5.69 Å². The Morgan fingerprint density at radius 1 is 0.895 bits per heavy atom. The van der Waals surface area contributed by atoms with Gasteiger partial charge >= 0.3 is 0 Å². The van der Waals surface area contributed by atoms with Crippen molar-refractivity contribution in [1.29, 1.82) is 0 Å². The van der Waals surface area contributed by atoms with Crippen LogP contribution in [0.25, 0.3) is 6.08 Å². The van der Waals surface area contributed by atoms with Gasteiger partial charge in [-0.3, -0.25) is 14.4 Å². The summed E-state index contributed by atoms with van der Waals surface area (Å²) in [5, 5.41) is 1.88. The van der Waals surface area contributed by atoms with Crippen LogP contribution in [0.15, 0.2) is 96.4 Å². The second kappa shape index (κ2) is 8.36. The number of carbonyl (C=O) groups excluding carboxylic acids is 3. The van der Waals surface area contributed by atoms with Gasteiger partial charge in [0.2, 0.25) is 0 Å². The third-order valence-electron chi connectivity index (χ3n) is 8.20. The lowest BCUT2D eigenvalue weighted by molar-refractivity contribution is 0.0666. The number of hydrogen-bond acceptors (Lipinski definition) is 6. The zero-order valence-corrected chi connectivity index (χ0v) is 21.4. The summed E-state index contributed by atoms with van der Waals surface area (Å²) >= 11 is 1.37. The van der Waals surface area contributed by atoms with E-state index in [4.69, 9.17) is 4.74 Å². The summed E-state index contributed by atoms with van der Waals surface area (Å²) in [6.07, 6.45) is 3.92. The minimum atomic E-state index is -1.50. The molecule has 0 N–H and O–H groups in total. The Morgan fingerprint density at radius 2 is 1.63 bits per heavy atom. The fourth-order valence-electron chi connectivity index (χ4n) is 6.69. The molecule has 6 heteroatoms. The Balaban J connectivity index is 1.56. The normalized spacial score (nSPS) is 22.3. The van der Waals surface area contributed by atoms with E-state index in [9.17, 15) is 14.4 Å². The standard InChI is InChI=1S/C32H23NO4S/c1-37-21-10-6-9-20(18-21)27-28(29(34)25-14-7-17-38-25)33-24-13-5-2-8-19(24)15-16-26(33)32(27)30(35)22-11-3-4-12-23(22)31(32)36/h2-18,26-28H,1H3/t26-,27-,28-/m1/s1. The van der Waals surface area contributed by atoms with Crippen LogP contribution < -0.4 is 9.64 Å². The van der Waals surface area contributed by atoms with Crippen molar-refractivity contribution in [2.75, 3.05) is 12.0 Å². The van der Waals surface area contributed by atoms with Crippen molar-refractivity contribution < 1.29 is 19.1 Å². The summed E-state index contributed by atoms with van der Waals surface area (Å²) in [4.78, 5) is 46.2. The summed E-state index contributed by atoms with van der Waals surface area (Å²) in [5.41, 5.74) is 1.86. The third kappa shape index (κ3) is 2.89. The molecule has 0 unspecified atom stereocenters. The van der Waals surface area contributed by atoms with Gasteiger partial charge in [-0.05, 0) is 40.8 Å². The van der Waals surface area contributed by atoms with E-state index < -0.39 is 23.4 Å². The topological polar surface area (TPSA) is 63.7 Å². The molecule has 2 aliphatic heterocycles. The van der Waals surface area contributed by atoms with Crippen molar-refractivity contribution in [3.05, 3.63) is 124 Å². The molecule has 1 aromatic heterocycles. The zero-order chi connectivity index (χ0) is 26.0. The minimum absolute atomic E-state index is 0.101. The van der Waals surface area contributed by atoms with Crippen molar-refractivity contribution in [1.82, 2.24) is 0 Å². The molecule has 38 heavy (non-hydrogen) atoms. The predicted molar refractivity (Wildman–Crippen MR) is 147 cm³/mol. The van der Waals surface area contributed by atoms with Crippen molar-refractivity contribution in [2.24, 2.45) is 5.41 Å². The Kier molecular flexibility index (Phi) is 5.03. The highest BCUT2D eigenvalue weighted by Crippen LogP contribution is 2.61. The number of thiophene rings is 1. The number of nitrogens with zero attached hydrogens (tertiary/aromatic N) is 1. The van der Waals surface area contributed by atoms with E-state index in [1.807, 2.05) is 83.1 Å². The van der Waals surface area contributed by atoms with Crippen molar-refractivity contribution >= 4 is 40.4 Å². The van der Waals surface area contributed by atoms with Crippen molar-refractivity contribution in [2.45, 2.75) is 18.0 Å². The first-order valence-corrected chi connectivity index (χ1v) is 13.4. The number of methoxy groups -OCH3 is 1. The lowest BCUT2D eigenvalue weighted by atomic mass is 9.64. The quantitative estimate of drug-likeness (QED) is 0.243. The van der Waals surface area contributed by atoms with E-state index in [0.717, 1.165) is 16.8 Å². The second-order valence-electron chi connectivity index (χ2n) is 9.88. The van der Waals surface area contributed by atoms with Gasteiger partial charge in [-0.15, -0.1) is 11.3 Å². The average Bonchev–Trinajstić information content (AvgIpc) is 3.66. The fourth-order valence-corrected chi connectivity index (χ4v) is 7.39. The molecule has 4 aromatic rings. The lowest BCUT2D eigenvalue weighted by Crippen LogP contribution is -2.48. The molecule has 1 saturated heterocycles. The number of carbonyl (C=O) groups is 3. The Morgan fingerprint density at radius 3 is 2.34 bits per heavy atom. The number of hydrogen-bond donors (Lipinski definition) is 0. The second-order valence-corrected chi connectivity index (χ2v) is 10.8. The van der Waals surface area contributed by atoms with Gasteiger partial charge in [0.1, 0.15) is 17.2 Å². The molecule has 3 aromatic carbocycles. The van der Waals surface area contributed by atoms with E-state index in [-0.39, 0.29) is 17.3 Å². The number of rotatable bonds is 4. The Bertz CT molecular complexity index is 1620. The van der Waals surface area contributed by atoms with Gasteiger partial charge in [-0.25, -0.2) is 0 Å². The van der Waals surface area contributed by atoms with Gasteiger partial charge < -0.3 is 9.64 Å². The molecule has 3 atom stereocenters. The maximum absolute atomic E-state index is 14.6. The van der Waals surface area contributed by atoms with Crippen molar-refractivity contribution in [3.8, 4) is 5.75 Å². The van der Waals surface area contributed by atoms with Gasteiger partial charge in [-0.2, -0.15) is 0 Å². The summed E-state index contributed by atoms with van der Waals surface area (Å²) < 4.78 is 5.54. The van der Waals surface area contributed by atoms with Gasteiger partial charge in [0.05, 0.1) is 18.0 Å². The third-order valence-corrected chi connectivity index (χ3v) is 9.08. The molecule has 0 bridgehead atoms. The molecule has 3 aliphatic rings. The molecule has 1 fully saturated rings. The fraction of sp³-hybridized carbons (Fsp3) is 0.156. The number of ether oxygens (including phenoxy) is 1. The van der Waals surface area contributed by atoms with Crippen LogP contribution in [0.5, 0.6) is 5.75 Å². The first kappa shape index (κ1) is 22.9.